The third-order valence-corrected chi connectivity index (χ3v) is 6.42. The lowest BCUT2D eigenvalue weighted by molar-refractivity contribution is -0.934. The number of hydrogen-bond donors (Lipinski definition) is 1. The summed E-state index contributed by atoms with van der Waals surface area (Å²) in [5.74, 6) is 1.36. The van der Waals surface area contributed by atoms with Gasteiger partial charge in [0.25, 0.3) is 0 Å². The van der Waals surface area contributed by atoms with E-state index in [0.717, 1.165) is 38.4 Å². The molecule has 154 valence electrons. The molecule has 8 heteroatoms. The van der Waals surface area contributed by atoms with Crippen molar-refractivity contribution >= 4 is 17.0 Å². The summed E-state index contributed by atoms with van der Waals surface area (Å²) in [5.41, 5.74) is 0.703. The maximum atomic E-state index is 14.2. The molecule has 0 saturated carbocycles. The molecule has 1 N–H and O–H groups in total. The lowest BCUT2D eigenvalue weighted by Crippen LogP contribution is -3.15. The van der Waals surface area contributed by atoms with Crippen LogP contribution in [0.2, 0.25) is 0 Å². The molecule has 6 nitrogen and oxygen atoms in total. The average molecular weight is 416 g/mol. The van der Waals surface area contributed by atoms with E-state index in [-0.39, 0.29) is 11.9 Å². The number of para-hydroxylation sites is 1. The molecular formula is C21H28FN6S+. The second-order valence-electron chi connectivity index (χ2n) is 8.05. The first-order chi connectivity index (χ1) is 14.1. The zero-order chi connectivity index (χ0) is 20.2. The topological polar surface area (TPSA) is 51.3 Å². The van der Waals surface area contributed by atoms with E-state index in [9.17, 15) is 4.39 Å². The van der Waals surface area contributed by atoms with Gasteiger partial charge in [-0.3, -0.25) is 0 Å². The first kappa shape index (κ1) is 20.0. The molecule has 1 atom stereocenters. The highest BCUT2D eigenvalue weighted by molar-refractivity contribution is 7.09. The normalized spacial score (nSPS) is 16.5. The Morgan fingerprint density at radius 3 is 2.62 bits per heavy atom. The van der Waals surface area contributed by atoms with Crippen LogP contribution >= 0.6 is 11.3 Å². The van der Waals surface area contributed by atoms with Gasteiger partial charge in [-0.25, -0.2) is 9.07 Å². The van der Waals surface area contributed by atoms with Crippen molar-refractivity contribution in [2.75, 3.05) is 31.1 Å². The first-order valence-corrected chi connectivity index (χ1v) is 11.1. The minimum absolute atomic E-state index is 0.144. The standard InChI is InChI=1S/C21H27FN6S/c1-16(2)14-20(21-23-24-25-28(21)15-17-6-5-13-29-17)27-11-9-26(10-12-27)19-8-4-3-7-18(19)22/h3-8,13,16,20H,9-12,14-15H2,1-2H3/p+1/t20-/m0/s1. The molecule has 1 saturated heterocycles. The molecule has 1 fully saturated rings. The third-order valence-electron chi connectivity index (χ3n) is 5.56. The first-order valence-electron chi connectivity index (χ1n) is 10.2. The van der Waals surface area contributed by atoms with E-state index in [1.807, 2.05) is 16.8 Å². The molecule has 3 aromatic rings. The largest absolute Gasteiger partial charge is 0.358 e. The summed E-state index contributed by atoms with van der Waals surface area (Å²) < 4.78 is 16.1. The van der Waals surface area contributed by atoms with Crippen LogP contribution in [-0.4, -0.2) is 46.4 Å². The molecule has 3 heterocycles. The monoisotopic (exact) mass is 415 g/mol. The number of nitrogens with zero attached hydrogens (tertiary/aromatic N) is 5. The predicted molar refractivity (Wildman–Crippen MR) is 113 cm³/mol. The molecule has 1 aliphatic rings. The van der Waals surface area contributed by atoms with Gasteiger partial charge in [0.05, 0.1) is 38.4 Å². The quantitative estimate of drug-likeness (QED) is 0.644. The fraction of sp³-hybridized carbons (Fsp3) is 0.476. The predicted octanol–water partition coefficient (Wildman–Crippen LogP) is 2.41. The molecule has 1 aliphatic heterocycles. The molecule has 4 rings (SSSR count). The second-order valence-corrected chi connectivity index (χ2v) is 9.09. The summed E-state index contributed by atoms with van der Waals surface area (Å²) >= 11 is 1.72. The highest BCUT2D eigenvalue weighted by Crippen LogP contribution is 2.21. The van der Waals surface area contributed by atoms with Gasteiger partial charge in [0.2, 0.25) is 5.82 Å². The van der Waals surface area contributed by atoms with E-state index >= 15 is 0 Å². The SMILES string of the molecule is CC(C)C[C@@H](c1nnnn1Cc1cccs1)[NH+]1CCN(c2ccccc2F)CC1. The summed E-state index contributed by atoms with van der Waals surface area (Å²) in [6.07, 6.45) is 1.03. The van der Waals surface area contributed by atoms with E-state index in [4.69, 9.17) is 0 Å². The Hall–Kier alpha value is -2.32. The molecule has 0 spiro atoms. The van der Waals surface area contributed by atoms with Crippen LogP contribution in [0.15, 0.2) is 41.8 Å². The zero-order valence-corrected chi connectivity index (χ0v) is 17.8. The summed E-state index contributed by atoms with van der Waals surface area (Å²) in [6, 6.07) is 11.5. The van der Waals surface area contributed by atoms with Crippen LogP contribution in [0.1, 0.15) is 37.0 Å². The van der Waals surface area contributed by atoms with Crippen molar-refractivity contribution in [3.63, 3.8) is 0 Å². The highest BCUT2D eigenvalue weighted by atomic mass is 32.1. The van der Waals surface area contributed by atoms with Crippen LogP contribution < -0.4 is 9.80 Å². The van der Waals surface area contributed by atoms with Crippen molar-refractivity contribution in [2.24, 2.45) is 5.92 Å². The number of anilines is 1. The molecular weight excluding hydrogens is 387 g/mol. The summed E-state index contributed by atoms with van der Waals surface area (Å²) in [4.78, 5) is 4.88. The van der Waals surface area contributed by atoms with Crippen molar-refractivity contribution < 1.29 is 9.29 Å². The molecule has 0 bridgehead atoms. The minimum Gasteiger partial charge on any atom is -0.358 e. The van der Waals surface area contributed by atoms with Gasteiger partial charge in [0, 0.05) is 11.3 Å². The van der Waals surface area contributed by atoms with E-state index in [0.29, 0.717) is 18.2 Å². The van der Waals surface area contributed by atoms with Gasteiger partial charge < -0.3 is 9.80 Å². The number of nitrogens with one attached hydrogen (secondary N) is 1. The number of benzene rings is 1. The molecule has 2 aromatic heterocycles. The number of tetrazole rings is 1. The average Bonchev–Trinajstić information content (AvgIpc) is 3.39. The van der Waals surface area contributed by atoms with Gasteiger partial charge in [0.1, 0.15) is 11.9 Å². The van der Waals surface area contributed by atoms with Crippen LogP contribution in [0.3, 0.4) is 0 Å². The molecule has 0 amide bonds. The Bertz CT molecular complexity index is 902. The van der Waals surface area contributed by atoms with Crippen molar-refractivity contribution in [3.05, 3.63) is 58.3 Å². The third kappa shape index (κ3) is 4.64. The summed E-state index contributed by atoms with van der Waals surface area (Å²) in [5, 5.41) is 14.8. The number of quaternary nitrogens is 1. The van der Waals surface area contributed by atoms with Crippen molar-refractivity contribution in [1.82, 2.24) is 20.2 Å². The van der Waals surface area contributed by atoms with Gasteiger partial charge in [-0.1, -0.05) is 32.0 Å². The van der Waals surface area contributed by atoms with Crippen LogP contribution in [0.25, 0.3) is 0 Å². The van der Waals surface area contributed by atoms with Gasteiger partial charge >= 0.3 is 0 Å². The van der Waals surface area contributed by atoms with Crippen molar-refractivity contribution in [3.8, 4) is 0 Å². The molecule has 0 unspecified atom stereocenters. The Kier molecular flexibility index (Phi) is 6.20. The second kappa shape index (κ2) is 9.00. The zero-order valence-electron chi connectivity index (χ0n) is 17.0. The summed E-state index contributed by atoms with van der Waals surface area (Å²) in [7, 11) is 0. The minimum atomic E-state index is -0.144. The van der Waals surface area contributed by atoms with E-state index in [1.54, 1.807) is 17.4 Å². The lowest BCUT2D eigenvalue weighted by atomic mass is 10.0. The van der Waals surface area contributed by atoms with E-state index in [1.165, 1.54) is 15.8 Å². The number of piperazine rings is 1. The number of halogens is 1. The highest BCUT2D eigenvalue weighted by Gasteiger charge is 2.33. The number of hydrogen-bond acceptors (Lipinski definition) is 5. The van der Waals surface area contributed by atoms with Gasteiger partial charge in [-0.05, 0) is 39.9 Å². The Balaban J connectivity index is 1.50. The molecule has 1 aromatic carbocycles. The van der Waals surface area contributed by atoms with Gasteiger partial charge in [0.15, 0.2) is 0 Å². The maximum absolute atomic E-state index is 14.2. The van der Waals surface area contributed by atoms with E-state index < -0.39 is 0 Å². The lowest BCUT2D eigenvalue weighted by Gasteiger charge is -2.37. The molecule has 0 radical (unpaired) electrons. The van der Waals surface area contributed by atoms with Crippen LogP contribution in [-0.2, 0) is 6.54 Å². The molecule has 0 aliphatic carbocycles. The Labute approximate surface area is 174 Å². The van der Waals surface area contributed by atoms with Crippen molar-refractivity contribution in [1.29, 1.82) is 0 Å². The van der Waals surface area contributed by atoms with Crippen LogP contribution in [0.5, 0.6) is 0 Å². The smallest absolute Gasteiger partial charge is 0.209 e. The van der Waals surface area contributed by atoms with Crippen molar-refractivity contribution in [2.45, 2.75) is 32.9 Å². The number of aromatic nitrogens is 4. The Morgan fingerprint density at radius 1 is 1.14 bits per heavy atom. The van der Waals surface area contributed by atoms with E-state index in [2.05, 4.69) is 51.8 Å². The Morgan fingerprint density at radius 2 is 1.93 bits per heavy atom. The maximum Gasteiger partial charge on any atom is 0.209 e. The van der Waals surface area contributed by atoms with Crippen LogP contribution in [0.4, 0.5) is 10.1 Å². The number of thiophene rings is 1. The fourth-order valence-electron chi connectivity index (χ4n) is 4.14. The molecule has 29 heavy (non-hydrogen) atoms. The van der Waals surface area contributed by atoms with Gasteiger partial charge in [-0.2, -0.15) is 0 Å². The fourth-order valence-corrected chi connectivity index (χ4v) is 4.83. The number of rotatable bonds is 7. The van der Waals surface area contributed by atoms with Crippen LogP contribution in [0, 0.1) is 11.7 Å². The van der Waals surface area contributed by atoms with Gasteiger partial charge in [-0.15, -0.1) is 16.4 Å². The summed E-state index contributed by atoms with van der Waals surface area (Å²) in [6.45, 7) is 8.75.